The molecule has 2 aliphatic rings. The Balaban J connectivity index is 1.34. The first-order valence-corrected chi connectivity index (χ1v) is 9.65. The van der Waals surface area contributed by atoms with Gasteiger partial charge < -0.3 is 14.2 Å². The van der Waals surface area contributed by atoms with Crippen LogP contribution < -0.4 is 4.74 Å². The van der Waals surface area contributed by atoms with Crippen LogP contribution in [-0.2, 0) is 0 Å². The van der Waals surface area contributed by atoms with Crippen molar-refractivity contribution in [3.8, 4) is 5.75 Å². The van der Waals surface area contributed by atoms with Gasteiger partial charge in [-0.25, -0.2) is 0 Å². The number of hydrogen-bond acceptors (Lipinski definition) is 5. The molecule has 1 fully saturated rings. The van der Waals surface area contributed by atoms with E-state index in [9.17, 15) is 0 Å². The minimum absolute atomic E-state index is 0.144. The highest BCUT2D eigenvalue weighted by Gasteiger charge is 2.31. The number of aromatic amines is 1. The Bertz CT molecular complexity index is 999. The van der Waals surface area contributed by atoms with Crippen LogP contribution in [-0.4, -0.2) is 40.2 Å². The topological polar surface area (TPSA) is 67.2 Å². The van der Waals surface area contributed by atoms with Gasteiger partial charge in [0.15, 0.2) is 5.82 Å². The normalized spacial score (nSPS) is 19.3. The van der Waals surface area contributed by atoms with E-state index in [0.29, 0.717) is 5.92 Å². The van der Waals surface area contributed by atoms with Crippen LogP contribution >= 0.6 is 0 Å². The average molecular weight is 364 g/mol. The lowest BCUT2D eigenvalue weighted by atomic mass is 9.98. The van der Waals surface area contributed by atoms with Gasteiger partial charge in [-0.05, 0) is 50.0 Å². The molecule has 0 amide bonds. The van der Waals surface area contributed by atoms with Crippen molar-refractivity contribution in [1.29, 1.82) is 0 Å². The summed E-state index contributed by atoms with van der Waals surface area (Å²) in [4.78, 5) is 10.4. The highest BCUT2D eigenvalue weighted by atomic mass is 16.5. The summed E-state index contributed by atoms with van der Waals surface area (Å²) >= 11 is 0. The fourth-order valence-electron chi connectivity index (χ4n) is 3.85. The molecule has 0 unspecified atom stereocenters. The summed E-state index contributed by atoms with van der Waals surface area (Å²) in [7, 11) is 1.71. The van der Waals surface area contributed by atoms with E-state index < -0.39 is 0 Å². The van der Waals surface area contributed by atoms with E-state index in [1.54, 1.807) is 7.11 Å². The molecule has 0 radical (unpaired) electrons. The van der Waals surface area contributed by atoms with Crippen molar-refractivity contribution >= 4 is 16.5 Å². The maximum atomic E-state index is 5.52. The molecule has 0 spiro atoms. The molecular weight excluding hydrogens is 340 g/mol. The van der Waals surface area contributed by atoms with Gasteiger partial charge in [0, 0.05) is 41.7 Å². The highest BCUT2D eigenvalue weighted by Crippen LogP contribution is 2.39. The fraction of sp³-hybridized carbons (Fsp3) is 0.429. The van der Waals surface area contributed by atoms with Gasteiger partial charge in [0.2, 0.25) is 5.89 Å². The maximum absolute atomic E-state index is 5.52. The third-order valence-electron chi connectivity index (χ3n) is 5.78. The minimum atomic E-state index is 0.144. The molecule has 5 rings (SSSR count). The number of benzene rings is 1. The zero-order chi connectivity index (χ0) is 18.4. The SMILES string of the molecule is COc1ccc2[nH]cc(C3=CCN([C@H](C)c4nc(C5CC5)no4)CC3)c2c1. The van der Waals surface area contributed by atoms with E-state index in [1.807, 2.05) is 6.07 Å². The number of nitrogens with one attached hydrogen (secondary N) is 1. The molecule has 0 bridgehead atoms. The van der Waals surface area contributed by atoms with Crippen molar-refractivity contribution in [2.24, 2.45) is 0 Å². The number of ether oxygens (including phenoxy) is 1. The standard InChI is InChI=1S/C21H24N4O2/c1-13(21-23-20(24-27-21)15-3-4-15)25-9-7-14(8-10-25)18-12-22-19-6-5-16(26-2)11-17(18)19/h5-7,11-13,15,22H,3-4,8-10H2,1-2H3/t13-/m1/s1. The van der Waals surface area contributed by atoms with Crippen LogP contribution in [0.25, 0.3) is 16.5 Å². The van der Waals surface area contributed by atoms with Crippen molar-refractivity contribution in [3.05, 3.63) is 47.8 Å². The lowest BCUT2D eigenvalue weighted by molar-refractivity contribution is 0.189. The van der Waals surface area contributed by atoms with E-state index in [-0.39, 0.29) is 6.04 Å². The molecule has 140 valence electrons. The second-order valence-electron chi connectivity index (χ2n) is 7.53. The van der Waals surface area contributed by atoms with E-state index in [4.69, 9.17) is 9.26 Å². The van der Waals surface area contributed by atoms with Gasteiger partial charge in [0.25, 0.3) is 0 Å². The van der Waals surface area contributed by atoms with Gasteiger partial charge in [-0.15, -0.1) is 0 Å². The maximum Gasteiger partial charge on any atom is 0.243 e. The first kappa shape index (κ1) is 16.6. The molecule has 1 aliphatic carbocycles. The molecule has 0 saturated heterocycles. The first-order chi connectivity index (χ1) is 13.2. The van der Waals surface area contributed by atoms with Crippen molar-refractivity contribution in [1.82, 2.24) is 20.0 Å². The van der Waals surface area contributed by atoms with E-state index >= 15 is 0 Å². The summed E-state index contributed by atoms with van der Waals surface area (Å²) in [5.74, 6) is 3.04. The van der Waals surface area contributed by atoms with Crippen molar-refractivity contribution < 1.29 is 9.26 Å². The van der Waals surface area contributed by atoms with E-state index in [0.717, 1.165) is 42.5 Å². The lowest BCUT2D eigenvalue weighted by Crippen LogP contribution is -2.31. The number of aromatic nitrogens is 3. The van der Waals surface area contributed by atoms with Gasteiger partial charge in [-0.2, -0.15) is 4.98 Å². The Kier molecular flexibility index (Phi) is 4.01. The molecule has 27 heavy (non-hydrogen) atoms. The Labute approximate surface area is 158 Å². The van der Waals surface area contributed by atoms with Crippen LogP contribution in [0.2, 0.25) is 0 Å². The Morgan fingerprint density at radius 1 is 1.33 bits per heavy atom. The third kappa shape index (κ3) is 3.04. The molecule has 6 nitrogen and oxygen atoms in total. The monoisotopic (exact) mass is 364 g/mol. The number of fused-ring (bicyclic) bond motifs is 1. The van der Waals surface area contributed by atoms with Gasteiger partial charge >= 0.3 is 0 Å². The van der Waals surface area contributed by atoms with Crippen LogP contribution in [0.5, 0.6) is 5.75 Å². The van der Waals surface area contributed by atoms with Crippen LogP contribution in [0, 0.1) is 0 Å². The van der Waals surface area contributed by atoms with Crippen LogP contribution in [0.1, 0.15) is 55.4 Å². The number of rotatable bonds is 5. The number of methoxy groups -OCH3 is 1. The summed E-state index contributed by atoms with van der Waals surface area (Å²) in [6, 6.07) is 6.31. The summed E-state index contributed by atoms with van der Waals surface area (Å²) in [6.07, 6.45) is 7.81. The summed E-state index contributed by atoms with van der Waals surface area (Å²) in [5, 5.41) is 5.37. The highest BCUT2D eigenvalue weighted by molar-refractivity contribution is 5.93. The number of nitrogens with zero attached hydrogens (tertiary/aromatic N) is 3. The number of hydrogen-bond donors (Lipinski definition) is 1. The number of H-pyrrole nitrogens is 1. The van der Waals surface area contributed by atoms with Crippen molar-refractivity contribution in [2.75, 3.05) is 20.2 Å². The fourth-order valence-corrected chi connectivity index (χ4v) is 3.85. The molecule has 1 aromatic carbocycles. The minimum Gasteiger partial charge on any atom is -0.497 e. The summed E-state index contributed by atoms with van der Waals surface area (Å²) < 4.78 is 10.9. The van der Waals surface area contributed by atoms with Gasteiger partial charge in [-0.3, -0.25) is 4.90 Å². The Hall–Kier alpha value is -2.60. The van der Waals surface area contributed by atoms with Crippen LogP contribution in [0.4, 0.5) is 0 Å². The van der Waals surface area contributed by atoms with Gasteiger partial charge in [-0.1, -0.05) is 11.2 Å². The summed E-state index contributed by atoms with van der Waals surface area (Å²) in [5.41, 5.74) is 3.79. The van der Waals surface area contributed by atoms with E-state index in [1.165, 1.54) is 29.4 Å². The predicted octanol–water partition coefficient (Wildman–Crippen LogP) is 4.29. The first-order valence-electron chi connectivity index (χ1n) is 9.65. The molecular formula is C21H24N4O2. The van der Waals surface area contributed by atoms with Crippen molar-refractivity contribution in [3.63, 3.8) is 0 Å². The molecule has 1 atom stereocenters. The van der Waals surface area contributed by atoms with Crippen LogP contribution in [0.15, 0.2) is 35.0 Å². The molecule has 3 heterocycles. The third-order valence-corrected chi connectivity index (χ3v) is 5.78. The molecule has 1 N–H and O–H groups in total. The molecule has 6 heteroatoms. The molecule has 1 aliphatic heterocycles. The Morgan fingerprint density at radius 3 is 2.96 bits per heavy atom. The van der Waals surface area contributed by atoms with Crippen LogP contribution in [0.3, 0.4) is 0 Å². The molecule has 1 saturated carbocycles. The molecule has 2 aromatic heterocycles. The van der Waals surface area contributed by atoms with Crippen molar-refractivity contribution in [2.45, 2.75) is 38.1 Å². The largest absolute Gasteiger partial charge is 0.497 e. The molecule has 3 aromatic rings. The Morgan fingerprint density at radius 2 is 2.22 bits per heavy atom. The lowest BCUT2D eigenvalue weighted by Gasteiger charge is -2.29. The zero-order valence-corrected chi connectivity index (χ0v) is 15.7. The van der Waals surface area contributed by atoms with Gasteiger partial charge in [0.05, 0.1) is 13.2 Å². The van der Waals surface area contributed by atoms with Gasteiger partial charge in [0.1, 0.15) is 5.75 Å². The average Bonchev–Trinajstić information content (AvgIpc) is 3.29. The van der Waals surface area contributed by atoms with E-state index in [2.05, 4.69) is 51.4 Å². The second kappa shape index (κ2) is 6.53. The predicted molar refractivity (Wildman–Crippen MR) is 104 cm³/mol. The smallest absolute Gasteiger partial charge is 0.243 e. The second-order valence-corrected chi connectivity index (χ2v) is 7.53. The summed E-state index contributed by atoms with van der Waals surface area (Å²) in [6.45, 7) is 4.01. The quantitative estimate of drug-likeness (QED) is 0.732. The zero-order valence-electron chi connectivity index (χ0n) is 15.7.